The molecule has 3 aromatic carbocycles. The van der Waals surface area contributed by atoms with Gasteiger partial charge in [-0.2, -0.15) is 5.10 Å². The van der Waals surface area contributed by atoms with Crippen molar-refractivity contribution < 1.29 is 13.9 Å². The molecule has 0 bridgehead atoms. The Kier molecular flexibility index (Phi) is 6.47. The van der Waals surface area contributed by atoms with Crippen molar-refractivity contribution in [2.75, 3.05) is 14.2 Å². The molecule has 0 unspecified atom stereocenters. The van der Waals surface area contributed by atoms with Crippen molar-refractivity contribution in [1.82, 2.24) is 9.78 Å². The molecule has 6 heteroatoms. The number of hydrogen-bond donors (Lipinski definition) is 0. The normalized spacial score (nSPS) is 10.9. The lowest BCUT2D eigenvalue weighted by Gasteiger charge is -2.12. The van der Waals surface area contributed by atoms with Crippen molar-refractivity contribution in [3.63, 3.8) is 0 Å². The van der Waals surface area contributed by atoms with Crippen LogP contribution in [0.1, 0.15) is 18.1 Å². The van der Waals surface area contributed by atoms with E-state index in [0.29, 0.717) is 11.6 Å². The second-order valence-electron chi connectivity index (χ2n) is 7.39. The zero-order valence-corrected chi connectivity index (χ0v) is 19.0. The van der Waals surface area contributed by atoms with Crippen molar-refractivity contribution in [2.45, 2.75) is 19.9 Å². The molecule has 4 aromatic rings. The predicted molar refractivity (Wildman–Crippen MR) is 126 cm³/mol. The van der Waals surface area contributed by atoms with E-state index in [4.69, 9.17) is 26.2 Å². The van der Waals surface area contributed by atoms with Crippen molar-refractivity contribution >= 4 is 11.6 Å². The second kappa shape index (κ2) is 9.45. The van der Waals surface area contributed by atoms with Gasteiger partial charge in [-0.1, -0.05) is 48.9 Å². The van der Waals surface area contributed by atoms with Crippen LogP contribution in [0, 0.1) is 5.82 Å². The summed E-state index contributed by atoms with van der Waals surface area (Å²) in [7, 11) is 3.30. The largest absolute Gasteiger partial charge is 0.497 e. The maximum absolute atomic E-state index is 13.6. The third-order valence-corrected chi connectivity index (χ3v) is 5.78. The highest BCUT2D eigenvalue weighted by Crippen LogP contribution is 2.36. The lowest BCUT2D eigenvalue weighted by molar-refractivity contribution is 0.415. The molecule has 1 heterocycles. The molecule has 0 amide bonds. The number of nitrogens with zero attached hydrogens (tertiary/aromatic N) is 2. The first-order chi connectivity index (χ1) is 15.5. The first-order valence-corrected chi connectivity index (χ1v) is 10.7. The first kappa shape index (κ1) is 21.9. The molecule has 0 saturated heterocycles. The highest BCUT2D eigenvalue weighted by molar-refractivity contribution is 6.31. The van der Waals surface area contributed by atoms with Crippen LogP contribution in [-0.2, 0) is 13.0 Å². The highest BCUT2D eigenvalue weighted by Gasteiger charge is 2.21. The molecule has 0 fully saturated rings. The quantitative estimate of drug-likeness (QED) is 0.316. The number of hydrogen-bond acceptors (Lipinski definition) is 3. The van der Waals surface area contributed by atoms with E-state index in [0.717, 1.165) is 51.6 Å². The Morgan fingerprint density at radius 3 is 2.19 bits per heavy atom. The van der Waals surface area contributed by atoms with Gasteiger partial charge in [0.25, 0.3) is 0 Å². The van der Waals surface area contributed by atoms with Crippen LogP contribution >= 0.6 is 11.6 Å². The first-order valence-electron chi connectivity index (χ1n) is 10.4. The fourth-order valence-corrected chi connectivity index (χ4v) is 4.08. The molecule has 0 atom stereocenters. The Balaban J connectivity index is 1.92. The predicted octanol–water partition coefficient (Wildman–Crippen LogP) is 6.64. The minimum atomic E-state index is -0.362. The summed E-state index contributed by atoms with van der Waals surface area (Å²) in [6.07, 6.45) is 0.774. The van der Waals surface area contributed by atoms with E-state index in [-0.39, 0.29) is 5.82 Å². The van der Waals surface area contributed by atoms with Crippen LogP contribution in [0.4, 0.5) is 4.39 Å². The van der Waals surface area contributed by atoms with Crippen LogP contribution in [0.5, 0.6) is 11.5 Å². The van der Waals surface area contributed by atoms with E-state index >= 15 is 0 Å². The van der Waals surface area contributed by atoms with Gasteiger partial charge < -0.3 is 9.47 Å². The molecule has 4 rings (SSSR count). The molecule has 0 spiro atoms. The Bertz CT molecular complexity index is 1250. The standard InChI is InChI=1S/C26H24ClFN2O2/c1-4-23-25(17-7-5-9-21(13-17)31-2)29-30(16-19-11-12-20(28)15-24(19)27)26(23)18-8-6-10-22(14-18)32-3/h5-15H,4,16H2,1-3H3. The zero-order valence-electron chi connectivity index (χ0n) is 18.2. The number of ether oxygens (including phenoxy) is 2. The molecular formula is C26H24ClFN2O2. The fourth-order valence-electron chi connectivity index (χ4n) is 3.86. The Morgan fingerprint density at radius 2 is 1.56 bits per heavy atom. The molecule has 0 aliphatic rings. The van der Waals surface area contributed by atoms with Crippen LogP contribution in [0.25, 0.3) is 22.5 Å². The van der Waals surface area contributed by atoms with Gasteiger partial charge in [0.15, 0.2) is 0 Å². The third-order valence-electron chi connectivity index (χ3n) is 5.43. The van der Waals surface area contributed by atoms with E-state index in [1.807, 2.05) is 53.2 Å². The van der Waals surface area contributed by atoms with Gasteiger partial charge in [0, 0.05) is 21.7 Å². The second-order valence-corrected chi connectivity index (χ2v) is 7.79. The molecule has 0 N–H and O–H groups in total. The molecule has 1 aromatic heterocycles. The van der Waals surface area contributed by atoms with Crippen molar-refractivity contribution in [1.29, 1.82) is 0 Å². The molecule has 32 heavy (non-hydrogen) atoms. The Hall–Kier alpha value is -3.31. The monoisotopic (exact) mass is 450 g/mol. The summed E-state index contributed by atoms with van der Waals surface area (Å²) in [6.45, 7) is 2.52. The number of methoxy groups -OCH3 is 2. The molecule has 0 aliphatic heterocycles. The van der Waals surface area contributed by atoms with Crippen LogP contribution in [0.2, 0.25) is 5.02 Å². The number of benzene rings is 3. The number of aromatic nitrogens is 2. The summed E-state index contributed by atoms with van der Waals surface area (Å²) in [5.74, 6) is 1.17. The SMILES string of the molecule is CCc1c(-c2cccc(OC)c2)nn(Cc2ccc(F)cc2Cl)c1-c1cccc(OC)c1. The summed E-state index contributed by atoms with van der Waals surface area (Å²) in [5, 5.41) is 5.36. The van der Waals surface area contributed by atoms with Gasteiger partial charge in [0.05, 0.1) is 32.2 Å². The number of halogens is 2. The van der Waals surface area contributed by atoms with E-state index in [1.165, 1.54) is 12.1 Å². The summed E-state index contributed by atoms with van der Waals surface area (Å²) in [6, 6.07) is 20.2. The maximum Gasteiger partial charge on any atom is 0.124 e. The smallest absolute Gasteiger partial charge is 0.124 e. The number of rotatable bonds is 7. The lowest BCUT2D eigenvalue weighted by Crippen LogP contribution is -2.05. The van der Waals surface area contributed by atoms with E-state index in [1.54, 1.807) is 20.3 Å². The minimum absolute atomic E-state index is 0.362. The average molecular weight is 451 g/mol. The van der Waals surface area contributed by atoms with Crippen molar-refractivity contribution in [3.8, 4) is 34.0 Å². The highest BCUT2D eigenvalue weighted by atomic mass is 35.5. The third kappa shape index (κ3) is 4.34. The van der Waals surface area contributed by atoms with Gasteiger partial charge in [0.1, 0.15) is 17.3 Å². The average Bonchev–Trinajstić information content (AvgIpc) is 3.19. The maximum atomic E-state index is 13.6. The van der Waals surface area contributed by atoms with Crippen molar-refractivity contribution in [2.24, 2.45) is 0 Å². The van der Waals surface area contributed by atoms with E-state index < -0.39 is 0 Å². The summed E-state index contributed by atoms with van der Waals surface area (Å²) in [4.78, 5) is 0. The zero-order chi connectivity index (χ0) is 22.7. The van der Waals surface area contributed by atoms with Crippen LogP contribution < -0.4 is 9.47 Å². The van der Waals surface area contributed by atoms with E-state index in [2.05, 4.69) is 6.92 Å². The molecule has 0 aliphatic carbocycles. The van der Waals surface area contributed by atoms with Gasteiger partial charge >= 0.3 is 0 Å². The molecular weight excluding hydrogens is 427 g/mol. The van der Waals surface area contributed by atoms with Gasteiger partial charge in [-0.05, 0) is 48.4 Å². The Morgan fingerprint density at radius 1 is 0.906 bits per heavy atom. The minimum Gasteiger partial charge on any atom is -0.497 e. The van der Waals surface area contributed by atoms with E-state index in [9.17, 15) is 4.39 Å². The summed E-state index contributed by atoms with van der Waals surface area (Å²) >= 11 is 6.34. The molecule has 4 nitrogen and oxygen atoms in total. The Labute approximate surface area is 192 Å². The van der Waals surface area contributed by atoms with Gasteiger partial charge in [-0.3, -0.25) is 4.68 Å². The van der Waals surface area contributed by atoms with Gasteiger partial charge in [-0.15, -0.1) is 0 Å². The summed E-state index contributed by atoms with van der Waals surface area (Å²) in [5.41, 5.74) is 5.70. The van der Waals surface area contributed by atoms with Crippen LogP contribution in [0.3, 0.4) is 0 Å². The fraction of sp³-hybridized carbons (Fsp3) is 0.192. The summed E-state index contributed by atoms with van der Waals surface area (Å²) < 4.78 is 26.4. The topological polar surface area (TPSA) is 36.3 Å². The van der Waals surface area contributed by atoms with Gasteiger partial charge in [0.2, 0.25) is 0 Å². The van der Waals surface area contributed by atoms with Crippen LogP contribution in [0.15, 0.2) is 66.7 Å². The molecule has 164 valence electrons. The molecule has 0 radical (unpaired) electrons. The lowest BCUT2D eigenvalue weighted by atomic mass is 9.99. The van der Waals surface area contributed by atoms with Crippen molar-refractivity contribution in [3.05, 3.63) is 88.7 Å². The van der Waals surface area contributed by atoms with Gasteiger partial charge in [-0.25, -0.2) is 4.39 Å². The molecule has 0 saturated carbocycles. The van der Waals surface area contributed by atoms with Crippen LogP contribution in [-0.4, -0.2) is 24.0 Å².